The quantitative estimate of drug-likeness (QED) is 0.762. The van der Waals surface area contributed by atoms with Crippen molar-refractivity contribution in [1.82, 2.24) is 14.7 Å². The Bertz CT molecular complexity index is 618. The second kappa shape index (κ2) is 7.87. The van der Waals surface area contributed by atoms with E-state index in [0.29, 0.717) is 13.1 Å². The van der Waals surface area contributed by atoms with Crippen LogP contribution >= 0.6 is 0 Å². The number of hydrogen-bond donors (Lipinski definition) is 0. The Hall–Kier alpha value is -2.08. The first-order valence-corrected chi connectivity index (χ1v) is 9.08. The van der Waals surface area contributed by atoms with Gasteiger partial charge in [-0.3, -0.25) is 9.59 Å². The summed E-state index contributed by atoms with van der Waals surface area (Å²) in [6.07, 6.45) is 0.00809. The molecule has 0 aliphatic carbocycles. The van der Waals surface area contributed by atoms with E-state index in [2.05, 4.69) is 48.0 Å². The molecule has 0 spiro atoms. The summed E-state index contributed by atoms with van der Waals surface area (Å²) in [6, 6.07) is 8.44. The Morgan fingerprint density at radius 2 is 1.44 bits per heavy atom. The van der Waals surface area contributed by atoms with E-state index in [1.54, 1.807) is 0 Å². The van der Waals surface area contributed by atoms with Crippen molar-refractivity contribution >= 4 is 17.5 Å². The van der Waals surface area contributed by atoms with Crippen molar-refractivity contribution < 1.29 is 9.59 Å². The number of amides is 2. The zero-order valence-electron chi connectivity index (χ0n) is 15.3. The van der Waals surface area contributed by atoms with Crippen molar-refractivity contribution in [2.75, 3.05) is 64.3 Å². The third-order valence-corrected chi connectivity index (χ3v) is 5.16. The molecule has 0 unspecified atom stereocenters. The molecule has 0 radical (unpaired) electrons. The van der Waals surface area contributed by atoms with Gasteiger partial charge in [-0.1, -0.05) is 12.1 Å². The Labute approximate surface area is 150 Å². The van der Waals surface area contributed by atoms with E-state index in [-0.39, 0.29) is 18.2 Å². The molecule has 2 fully saturated rings. The van der Waals surface area contributed by atoms with Crippen LogP contribution in [0.25, 0.3) is 0 Å². The minimum absolute atomic E-state index is 0.00809. The summed E-state index contributed by atoms with van der Waals surface area (Å²) in [5.74, 6) is -0.0629. The number of aryl methyl sites for hydroxylation is 1. The summed E-state index contributed by atoms with van der Waals surface area (Å²) in [7, 11) is 2.06. The van der Waals surface area contributed by atoms with Crippen LogP contribution < -0.4 is 4.90 Å². The molecule has 1 aromatic carbocycles. The molecular formula is C19H28N4O2. The smallest absolute Gasteiger partial charge is 0.232 e. The lowest BCUT2D eigenvalue weighted by Gasteiger charge is -2.37. The summed E-state index contributed by atoms with van der Waals surface area (Å²) in [6.45, 7) is 8.31. The zero-order chi connectivity index (χ0) is 17.8. The van der Waals surface area contributed by atoms with Crippen molar-refractivity contribution in [3.8, 4) is 0 Å². The number of benzene rings is 1. The molecule has 2 aliphatic heterocycles. The lowest BCUT2D eigenvalue weighted by Crippen LogP contribution is -2.51. The maximum absolute atomic E-state index is 12.5. The summed E-state index contributed by atoms with van der Waals surface area (Å²) in [5.41, 5.74) is 2.45. The molecule has 3 rings (SSSR count). The van der Waals surface area contributed by atoms with Gasteiger partial charge in [0.1, 0.15) is 6.42 Å². The van der Waals surface area contributed by atoms with Gasteiger partial charge < -0.3 is 19.6 Å². The molecule has 6 heteroatoms. The Morgan fingerprint density at radius 3 is 2.00 bits per heavy atom. The van der Waals surface area contributed by atoms with Crippen LogP contribution in [0, 0.1) is 6.92 Å². The van der Waals surface area contributed by atoms with E-state index in [0.717, 1.165) is 39.3 Å². The molecule has 2 heterocycles. The first kappa shape index (κ1) is 17.7. The average Bonchev–Trinajstić information content (AvgIpc) is 2.62. The fourth-order valence-electron chi connectivity index (χ4n) is 3.45. The SMILES string of the molecule is Cc1cccc(N2CCN(C(=O)CC(=O)N3CCN(C)CC3)CC2)c1. The van der Waals surface area contributed by atoms with Gasteiger partial charge in [-0.2, -0.15) is 0 Å². The molecular weight excluding hydrogens is 316 g/mol. The minimum Gasteiger partial charge on any atom is -0.368 e. The zero-order valence-corrected chi connectivity index (χ0v) is 15.3. The molecule has 0 atom stereocenters. The molecule has 0 N–H and O–H groups in total. The Balaban J connectivity index is 1.47. The summed E-state index contributed by atoms with van der Waals surface area (Å²) in [5, 5.41) is 0. The van der Waals surface area contributed by atoms with Crippen molar-refractivity contribution in [1.29, 1.82) is 0 Å². The second-order valence-electron chi connectivity index (χ2n) is 7.07. The van der Waals surface area contributed by atoms with E-state index in [9.17, 15) is 9.59 Å². The molecule has 2 amide bonds. The van der Waals surface area contributed by atoms with Crippen LogP contribution in [0.15, 0.2) is 24.3 Å². The summed E-state index contributed by atoms with van der Waals surface area (Å²) >= 11 is 0. The number of likely N-dealkylation sites (N-methyl/N-ethyl adjacent to an activating group) is 1. The van der Waals surface area contributed by atoms with Crippen LogP contribution in [0.3, 0.4) is 0 Å². The molecule has 25 heavy (non-hydrogen) atoms. The number of hydrogen-bond acceptors (Lipinski definition) is 4. The fraction of sp³-hybridized carbons (Fsp3) is 0.579. The van der Waals surface area contributed by atoms with Crippen molar-refractivity contribution in [2.45, 2.75) is 13.3 Å². The summed E-state index contributed by atoms with van der Waals surface area (Å²) < 4.78 is 0. The Kier molecular flexibility index (Phi) is 5.58. The van der Waals surface area contributed by atoms with Crippen LogP contribution in [0.2, 0.25) is 0 Å². The highest BCUT2D eigenvalue weighted by Crippen LogP contribution is 2.18. The van der Waals surface area contributed by atoms with E-state index in [1.807, 2.05) is 9.80 Å². The fourth-order valence-corrected chi connectivity index (χ4v) is 3.45. The standard InChI is InChI=1S/C19H28N4O2/c1-16-4-3-5-17(14-16)21-10-12-23(13-11-21)19(25)15-18(24)22-8-6-20(2)7-9-22/h3-5,14H,6-13,15H2,1-2H3. The number of piperazine rings is 2. The van der Waals surface area contributed by atoms with Crippen LogP contribution in [-0.2, 0) is 9.59 Å². The van der Waals surface area contributed by atoms with Crippen LogP contribution in [0.1, 0.15) is 12.0 Å². The molecule has 0 saturated carbocycles. The first-order chi connectivity index (χ1) is 12.0. The van der Waals surface area contributed by atoms with E-state index < -0.39 is 0 Å². The number of rotatable bonds is 3. The van der Waals surface area contributed by atoms with Crippen LogP contribution in [0.4, 0.5) is 5.69 Å². The van der Waals surface area contributed by atoms with Crippen LogP contribution in [0.5, 0.6) is 0 Å². The van der Waals surface area contributed by atoms with Gasteiger partial charge in [0.15, 0.2) is 0 Å². The van der Waals surface area contributed by atoms with Gasteiger partial charge in [-0.05, 0) is 31.7 Å². The monoisotopic (exact) mass is 344 g/mol. The lowest BCUT2D eigenvalue weighted by atomic mass is 10.2. The number of carbonyl (C=O) groups excluding carboxylic acids is 2. The van der Waals surface area contributed by atoms with Gasteiger partial charge in [0.25, 0.3) is 0 Å². The Morgan fingerprint density at radius 1 is 0.880 bits per heavy atom. The van der Waals surface area contributed by atoms with Crippen molar-refractivity contribution in [3.63, 3.8) is 0 Å². The van der Waals surface area contributed by atoms with E-state index >= 15 is 0 Å². The highest BCUT2D eigenvalue weighted by atomic mass is 16.2. The van der Waals surface area contributed by atoms with Crippen molar-refractivity contribution in [2.24, 2.45) is 0 Å². The van der Waals surface area contributed by atoms with E-state index in [4.69, 9.17) is 0 Å². The van der Waals surface area contributed by atoms with E-state index in [1.165, 1.54) is 11.3 Å². The topological polar surface area (TPSA) is 47.1 Å². The number of anilines is 1. The van der Waals surface area contributed by atoms with Gasteiger partial charge in [0.2, 0.25) is 11.8 Å². The molecule has 136 valence electrons. The highest BCUT2D eigenvalue weighted by molar-refractivity contribution is 5.97. The predicted octanol–water partition coefficient (Wildman–Crippen LogP) is 0.808. The second-order valence-corrected chi connectivity index (χ2v) is 7.07. The van der Waals surface area contributed by atoms with Gasteiger partial charge >= 0.3 is 0 Å². The summed E-state index contributed by atoms with van der Waals surface area (Å²) in [4.78, 5) is 33.0. The number of carbonyl (C=O) groups is 2. The average molecular weight is 344 g/mol. The normalized spacial score (nSPS) is 19.2. The molecule has 0 bridgehead atoms. The molecule has 6 nitrogen and oxygen atoms in total. The van der Waals surface area contributed by atoms with Crippen molar-refractivity contribution in [3.05, 3.63) is 29.8 Å². The van der Waals surface area contributed by atoms with Gasteiger partial charge in [-0.15, -0.1) is 0 Å². The molecule has 2 aliphatic rings. The third-order valence-electron chi connectivity index (χ3n) is 5.16. The molecule has 2 saturated heterocycles. The minimum atomic E-state index is -0.0344. The van der Waals surface area contributed by atoms with Gasteiger partial charge in [0, 0.05) is 58.0 Å². The third kappa shape index (κ3) is 4.51. The maximum Gasteiger partial charge on any atom is 0.232 e. The predicted molar refractivity (Wildman–Crippen MR) is 98.7 cm³/mol. The highest BCUT2D eigenvalue weighted by Gasteiger charge is 2.26. The molecule has 1 aromatic rings. The first-order valence-electron chi connectivity index (χ1n) is 9.08. The lowest BCUT2D eigenvalue weighted by molar-refractivity contribution is -0.141. The molecule has 0 aromatic heterocycles. The maximum atomic E-state index is 12.5. The van der Waals surface area contributed by atoms with Gasteiger partial charge in [-0.25, -0.2) is 0 Å². The number of nitrogens with zero attached hydrogens (tertiary/aromatic N) is 4. The largest absolute Gasteiger partial charge is 0.368 e. The van der Waals surface area contributed by atoms with Gasteiger partial charge in [0.05, 0.1) is 0 Å². The van der Waals surface area contributed by atoms with Crippen LogP contribution in [-0.4, -0.2) is 85.9 Å².